The Bertz CT molecular complexity index is 1350. The van der Waals surface area contributed by atoms with E-state index in [1.54, 1.807) is 37.8 Å². The number of likely N-dealkylation sites (tertiary alicyclic amines) is 1. The van der Waals surface area contributed by atoms with E-state index in [1.165, 1.54) is 17.7 Å². The highest BCUT2D eigenvalue weighted by molar-refractivity contribution is 7.89. The third-order valence-electron chi connectivity index (χ3n) is 6.03. The Morgan fingerprint density at radius 3 is 2.54 bits per heavy atom. The number of nitrogens with one attached hydrogen (secondary N) is 3. The molecule has 2 heterocycles. The van der Waals surface area contributed by atoms with Gasteiger partial charge in [-0.3, -0.25) is 9.59 Å². The van der Waals surface area contributed by atoms with Gasteiger partial charge < -0.3 is 15.2 Å². The number of amides is 2. The fraction of sp³-hybridized carbons (Fsp3) is 0.385. The maximum Gasteiger partial charge on any atom is 0.241 e. The molecule has 0 spiro atoms. The number of hydrogen-bond acceptors (Lipinski definition) is 4. The largest absolute Gasteiger partial charge is 0.361 e. The predicted octanol–water partition coefficient (Wildman–Crippen LogP) is 3.58. The van der Waals surface area contributed by atoms with Gasteiger partial charge in [0.2, 0.25) is 21.8 Å². The molecule has 4 rings (SSSR count). The summed E-state index contributed by atoms with van der Waals surface area (Å²) in [5.41, 5.74) is 3.30. The Morgan fingerprint density at radius 2 is 1.86 bits per heavy atom. The van der Waals surface area contributed by atoms with Gasteiger partial charge in [0.25, 0.3) is 0 Å². The van der Waals surface area contributed by atoms with Crippen LogP contribution in [-0.4, -0.2) is 48.7 Å². The fourth-order valence-electron chi connectivity index (χ4n) is 4.34. The zero-order valence-corrected chi connectivity index (χ0v) is 21.3. The second kappa shape index (κ2) is 9.47. The molecule has 1 unspecified atom stereocenters. The van der Waals surface area contributed by atoms with Crippen LogP contribution < -0.4 is 10.0 Å². The second-order valence-electron chi connectivity index (χ2n) is 10.2. The molecule has 1 aromatic heterocycles. The first-order valence-corrected chi connectivity index (χ1v) is 13.2. The lowest BCUT2D eigenvalue weighted by molar-refractivity contribution is -0.128. The van der Waals surface area contributed by atoms with E-state index in [1.807, 2.05) is 6.20 Å². The average Bonchev–Trinajstić information content (AvgIpc) is 3.33. The highest BCUT2D eigenvalue weighted by Gasteiger charge is 2.34. The molecule has 2 aromatic carbocycles. The summed E-state index contributed by atoms with van der Waals surface area (Å²) >= 11 is 0. The van der Waals surface area contributed by atoms with Gasteiger partial charge in [-0.2, -0.15) is 0 Å². The van der Waals surface area contributed by atoms with Crippen LogP contribution in [0.2, 0.25) is 0 Å². The zero-order valence-electron chi connectivity index (χ0n) is 20.5. The predicted molar refractivity (Wildman–Crippen MR) is 137 cm³/mol. The van der Waals surface area contributed by atoms with Crippen molar-refractivity contribution < 1.29 is 18.0 Å². The Morgan fingerprint density at radius 1 is 1.14 bits per heavy atom. The van der Waals surface area contributed by atoms with Crippen LogP contribution in [-0.2, 0) is 26.0 Å². The first-order chi connectivity index (χ1) is 16.4. The number of hydrogen-bond donors (Lipinski definition) is 3. The highest BCUT2D eigenvalue weighted by Crippen LogP contribution is 2.24. The number of rotatable bonds is 7. The first-order valence-electron chi connectivity index (χ1n) is 11.7. The van der Waals surface area contributed by atoms with Crippen LogP contribution in [0.4, 0.5) is 5.69 Å². The monoisotopic (exact) mass is 496 g/mol. The van der Waals surface area contributed by atoms with E-state index >= 15 is 0 Å². The molecular weight excluding hydrogens is 464 g/mol. The van der Waals surface area contributed by atoms with Crippen LogP contribution in [0.1, 0.15) is 38.3 Å². The summed E-state index contributed by atoms with van der Waals surface area (Å²) in [6, 6.07) is 12.3. The van der Waals surface area contributed by atoms with Crippen LogP contribution in [0.15, 0.2) is 53.6 Å². The number of aryl methyl sites for hydroxylation is 1. The lowest BCUT2D eigenvalue weighted by Gasteiger charge is -2.20. The normalized spacial score (nSPS) is 16.7. The molecule has 0 aliphatic carbocycles. The van der Waals surface area contributed by atoms with Crippen molar-refractivity contribution in [3.05, 3.63) is 59.8 Å². The SMILES string of the molecule is Cc1ccc2[nH]cc(CCN3CC(C(=O)Nc4ccc(S(=O)(=O)NC(C)(C)C)cc4)CC3=O)c2c1. The van der Waals surface area contributed by atoms with E-state index in [0.29, 0.717) is 25.2 Å². The molecular formula is C26H32N4O4S. The summed E-state index contributed by atoms with van der Waals surface area (Å²) < 4.78 is 27.5. The minimum Gasteiger partial charge on any atom is -0.361 e. The molecule has 186 valence electrons. The lowest BCUT2D eigenvalue weighted by Crippen LogP contribution is -2.40. The molecule has 1 aliphatic heterocycles. The van der Waals surface area contributed by atoms with E-state index < -0.39 is 21.5 Å². The molecule has 1 aliphatic rings. The maximum absolute atomic E-state index is 12.8. The molecule has 8 nitrogen and oxygen atoms in total. The van der Waals surface area contributed by atoms with Crippen molar-refractivity contribution in [2.24, 2.45) is 5.92 Å². The third-order valence-corrected chi connectivity index (χ3v) is 7.81. The quantitative estimate of drug-likeness (QED) is 0.464. The number of nitrogens with zero attached hydrogens (tertiary/aromatic N) is 1. The fourth-order valence-corrected chi connectivity index (χ4v) is 5.76. The molecule has 1 fully saturated rings. The molecule has 2 amide bonds. The van der Waals surface area contributed by atoms with Gasteiger partial charge in [0.1, 0.15) is 0 Å². The smallest absolute Gasteiger partial charge is 0.241 e. The number of fused-ring (bicyclic) bond motifs is 1. The number of benzene rings is 2. The Hall–Kier alpha value is -3.17. The van der Waals surface area contributed by atoms with Gasteiger partial charge in [0.15, 0.2) is 0 Å². The van der Waals surface area contributed by atoms with Crippen molar-refractivity contribution in [3.63, 3.8) is 0 Å². The summed E-state index contributed by atoms with van der Waals surface area (Å²) in [4.78, 5) is 30.5. The molecule has 9 heteroatoms. The van der Waals surface area contributed by atoms with Gasteiger partial charge in [-0.1, -0.05) is 11.6 Å². The van der Waals surface area contributed by atoms with Crippen molar-refractivity contribution in [1.82, 2.24) is 14.6 Å². The summed E-state index contributed by atoms with van der Waals surface area (Å²) in [7, 11) is -3.65. The minimum absolute atomic E-state index is 0.0316. The van der Waals surface area contributed by atoms with Crippen LogP contribution >= 0.6 is 0 Å². The maximum atomic E-state index is 12.8. The Labute approximate surface area is 206 Å². The number of aromatic amines is 1. The van der Waals surface area contributed by atoms with Crippen molar-refractivity contribution in [2.45, 2.75) is 51.0 Å². The molecule has 0 bridgehead atoms. The highest BCUT2D eigenvalue weighted by atomic mass is 32.2. The molecule has 1 atom stereocenters. The van der Waals surface area contributed by atoms with Gasteiger partial charge in [-0.15, -0.1) is 0 Å². The number of carbonyl (C=O) groups excluding carboxylic acids is 2. The number of anilines is 1. The lowest BCUT2D eigenvalue weighted by atomic mass is 10.1. The van der Waals surface area contributed by atoms with E-state index in [0.717, 1.165) is 16.5 Å². The number of sulfonamides is 1. The average molecular weight is 497 g/mol. The zero-order chi connectivity index (χ0) is 25.4. The topological polar surface area (TPSA) is 111 Å². The van der Waals surface area contributed by atoms with Crippen LogP contribution in [0, 0.1) is 12.8 Å². The summed E-state index contributed by atoms with van der Waals surface area (Å²) in [5.74, 6) is -0.721. The van der Waals surface area contributed by atoms with Crippen LogP contribution in [0.5, 0.6) is 0 Å². The van der Waals surface area contributed by atoms with Gasteiger partial charge in [-0.25, -0.2) is 13.1 Å². The van der Waals surface area contributed by atoms with Crippen LogP contribution in [0.25, 0.3) is 10.9 Å². The third kappa shape index (κ3) is 5.91. The van der Waals surface area contributed by atoms with Crippen molar-refractivity contribution in [2.75, 3.05) is 18.4 Å². The molecule has 1 saturated heterocycles. The van der Waals surface area contributed by atoms with Crippen molar-refractivity contribution in [3.8, 4) is 0 Å². The van der Waals surface area contributed by atoms with Gasteiger partial charge >= 0.3 is 0 Å². The van der Waals surface area contributed by atoms with Crippen molar-refractivity contribution in [1.29, 1.82) is 0 Å². The molecule has 3 aromatic rings. The Kier molecular flexibility index (Phi) is 6.75. The van der Waals surface area contributed by atoms with Crippen molar-refractivity contribution >= 4 is 38.4 Å². The molecule has 3 N–H and O–H groups in total. The van der Waals surface area contributed by atoms with Gasteiger partial charge in [0.05, 0.1) is 10.8 Å². The van der Waals surface area contributed by atoms with Gasteiger partial charge in [0, 0.05) is 47.8 Å². The summed E-state index contributed by atoms with van der Waals surface area (Å²) in [5, 5.41) is 3.98. The number of H-pyrrole nitrogens is 1. The molecule has 0 saturated carbocycles. The summed E-state index contributed by atoms with van der Waals surface area (Å²) in [6.07, 6.45) is 2.86. The van der Waals surface area contributed by atoms with E-state index in [4.69, 9.17) is 0 Å². The molecule has 35 heavy (non-hydrogen) atoms. The van der Waals surface area contributed by atoms with E-state index in [9.17, 15) is 18.0 Å². The second-order valence-corrected chi connectivity index (χ2v) is 11.9. The number of aromatic nitrogens is 1. The first kappa shape index (κ1) is 24.9. The Balaban J connectivity index is 1.34. The summed E-state index contributed by atoms with van der Waals surface area (Å²) in [6.45, 7) is 8.29. The van der Waals surface area contributed by atoms with E-state index in [2.05, 4.69) is 40.1 Å². The van der Waals surface area contributed by atoms with Crippen LogP contribution in [0.3, 0.4) is 0 Å². The van der Waals surface area contributed by atoms with Gasteiger partial charge in [-0.05, 0) is 76.1 Å². The number of carbonyl (C=O) groups is 2. The molecule has 0 radical (unpaired) electrons. The van der Waals surface area contributed by atoms with E-state index in [-0.39, 0.29) is 23.1 Å². The minimum atomic E-state index is -3.65. The standard InChI is InChI=1S/C26H32N4O4S/c1-17-5-10-23-22(13-17)18(15-27-23)11-12-30-16-19(14-24(30)31)25(32)28-20-6-8-21(9-7-20)35(33,34)29-26(2,3)4/h5-10,13,15,19,27,29H,11-12,14,16H2,1-4H3,(H,28,32).